The topological polar surface area (TPSA) is 96.5 Å². The molecule has 0 radical (unpaired) electrons. The molecule has 0 atom stereocenters. The molecule has 33 heavy (non-hydrogen) atoms. The second kappa shape index (κ2) is 11.5. The average molecular weight is 446 g/mol. The molecule has 7 nitrogen and oxygen atoms in total. The van der Waals surface area contributed by atoms with Gasteiger partial charge in [0.15, 0.2) is 0 Å². The van der Waals surface area contributed by atoms with Crippen LogP contribution >= 0.6 is 0 Å². The Hall–Kier alpha value is -4.13. The molecule has 3 rings (SSSR count). The lowest BCUT2D eigenvalue weighted by Crippen LogP contribution is -2.41. The first-order valence-corrected chi connectivity index (χ1v) is 10.7. The van der Waals surface area contributed by atoms with Crippen molar-refractivity contribution in [3.63, 3.8) is 0 Å². The second-order valence-corrected chi connectivity index (χ2v) is 7.74. The lowest BCUT2D eigenvalue weighted by Gasteiger charge is -2.10. The molecule has 0 saturated carbocycles. The standard InChI is InChI=1S/C26H27N3O4/c1-18(2)24(30)27-22-12-8-20(9-13-22)25(31)28-29-26(32)21-10-14-23(15-11-21)33-17-16-19-6-4-3-5-7-19/h3-15,18H,16-17H2,1-2H3,(H,27,30)(H,28,31)(H,29,32). The lowest BCUT2D eigenvalue weighted by atomic mass is 10.1. The van der Waals surface area contributed by atoms with E-state index in [0.29, 0.717) is 29.2 Å². The van der Waals surface area contributed by atoms with E-state index in [1.165, 1.54) is 5.56 Å². The maximum atomic E-state index is 12.3. The van der Waals surface area contributed by atoms with Crippen molar-refractivity contribution in [1.82, 2.24) is 10.9 Å². The van der Waals surface area contributed by atoms with Crippen LogP contribution in [0.15, 0.2) is 78.9 Å². The van der Waals surface area contributed by atoms with E-state index in [1.807, 2.05) is 30.3 Å². The summed E-state index contributed by atoms with van der Waals surface area (Å²) in [6.07, 6.45) is 0.792. The van der Waals surface area contributed by atoms with Crippen molar-refractivity contribution < 1.29 is 19.1 Å². The Balaban J connectivity index is 1.45. The van der Waals surface area contributed by atoms with E-state index in [1.54, 1.807) is 62.4 Å². The van der Waals surface area contributed by atoms with Gasteiger partial charge in [0.25, 0.3) is 11.8 Å². The number of amides is 3. The highest BCUT2D eigenvalue weighted by Crippen LogP contribution is 2.13. The summed E-state index contributed by atoms with van der Waals surface area (Å²) in [5, 5.41) is 2.75. The first-order chi connectivity index (χ1) is 15.9. The van der Waals surface area contributed by atoms with Crippen LogP contribution in [-0.2, 0) is 11.2 Å². The number of rotatable bonds is 8. The molecule has 0 spiro atoms. The molecule has 3 aromatic rings. The summed E-state index contributed by atoms with van der Waals surface area (Å²) < 4.78 is 5.72. The quantitative estimate of drug-likeness (QED) is 0.457. The molecular formula is C26H27N3O4. The normalized spacial score (nSPS) is 10.4. The van der Waals surface area contributed by atoms with Crippen molar-refractivity contribution >= 4 is 23.4 Å². The number of hydrazine groups is 1. The van der Waals surface area contributed by atoms with Gasteiger partial charge in [0, 0.05) is 29.2 Å². The van der Waals surface area contributed by atoms with Gasteiger partial charge in [-0.1, -0.05) is 44.2 Å². The largest absolute Gasteiger partial charge is 0.493 e. The average Bonchev–Trinajstić information content (AvgIpc) is 2.84. The summed E-state index contributed by atoms with van der Waals surface area (Å²) in [5.41, 5.74) is 7.30. The van der Waals surface area contributed by atoms with E-state index in [0.717, 1.165) is 6.42 Å². The predicted molar refractivity (Wildman–Crippen MR) is 127 cm³/mol. The molecule has 0 aromatic heterocycles. The molecule has 0 saturated heterocycles. The van der Waals surface area contributed by atoms with Crippen molar-refractivity contribution in [3.8, 4) is 5.75 Å². The highest BCUT2D eigenvalue weighted by atomic mass is 16.5. The molecule has 3 amide bonds. The van der Waals surface area contributed by atoms with E-state index in [2.05, 4.69) is 16.2 Å². The molecule has 3 N–H and O–H groups in total. The van der Waals surface area contributed by atoms with Crippen LogP contribution in [0.1, 0.15) is 40.1 Å². The van der Waals surface area contributed by atoms with Crippen molar-refractivity contribution in [2.24, 2.45) is 5.92 Å². The van der Waals surface area contributed by atoms with Gasteiger partial charge in [0.2, 0.25) is 5.91 Å². The Morgan fingerprint density at radius 2 is 1.30 bits per heavy atom. The van der Waals surface area contributed by atoms with Crippen LogP contribution < -0.4 is 20.9 Å². The van der Waals surface area contributed by atoms with E-state index in [9.17, 15) is 14.4 Å². The Labute approximate surface area is 193 Å². The van der Waals surface area contributed by atoms with Crippen LogP contribution in [-0.4, -0.2) is 24.3 Å². The number of anilines is 1. The van der Waals surface area contributed by atoms with Crippen molar-refractivity contribution in [3.05, 3.63) is 95.6 Å². The summed E-state index contributed by atoms with van der Waals surface area (Å²) in [6.45, 7) is 4.13. The Bertz CT molecular complexity index is 1080. The zero-order chi connectivity index (χ0) is 23.6. The van der Waals surface area contributed by atoms with Gasteiger partial charge in [-0.15, -0.1) is 0 Å². The Kier molecular flexibility index (Phi) is 8.18. The molecule has 7 heteroatoms. The van der Waals surface area contributed by atoms with Gasteiger partial charge in [-0.3, -0.25) is 25.2 Å². The van der Waals surface area contributed by atoms with Gasteiger partial charge < -0.3 is 10.1 Å². The van der Waals surface area contributed by atoms with Crippen LogP contribution in [0, 0.1) is 5.92 Å². The molecule has 0 aliphatic carbocycles. The molecule has 3 aromatic carbocycles. The maximum Gasteiger partial charge on any atom is 0.269 e. The van der Waals surface area contributed by atoms with E-state index in [-0.39, 0.29) is 11.8 Å². The minimum absolute atomic E-state index is 0.105. The minimum atomic E-state index is -0.467. The van der Waals surface area contributed by atoms with Crippen molar-refractivity contribution in [2.75, 3.05) is 11.9 Å². The SMILES string of the molecule is CC(C)C(=O)Nc1ccc(C(=O)NNC(=O)c2ccc(OCCc3ccccc3)cc2)cc1. The van der Waals surface area contributed by atoms with Gasteiger partial charge in [0.05, 0.1) is 6.61 Å². The maximum absolute atomic E-state index is 12.3. The Morgan fingerprint density at radius 1 is 0.758 bits per heavy atom. The molecule has 0 heterocycles. The van der Waals surface area contributed by atoms with E-state index >= 15 is 0 Å². The first kappa shape index (κ1) is 23.5. The third-order valence-electron chi connectivity index (χ3n) is 4.85. The smallest absolute Gasteiger partial charge is 0.269 e. The summed E-state index contributed by atoms with van der Waals surface area (Å²) in [7, 11) is 0. The van der Waals surface area contributed by atoms with Crippen LogP contribution in [0.25, 0.3) is 0 Å². The summed E-state index contributed by atoms with van der Waals surface area (Å²) in [4.78, 5) is 36.3. The van der Waals surface area contributed by atoms with Crippen LogP contribution in [0.2, 0.25) is 0 Å². The minimum Gasteiger partial charge on any atom is -0.493 e. The summed E-state index contributed by atoms with van der Waals surface area (Å²) in [6, 6.07) is 23.1. The third kappa shape index (κ3) is 7.21. The molecular weight excluding hydrogens is 418 g/mol. The first-order valence-electron chi connectivity index (χ1n) is 10.7. The summed E-state index contributed by atoms with van der Waals surface area (Å²) >= 11 is 0. The lowest BCUT2D eigenvalue weighted by molar-refractivity contribution is -0.118. The van der Waals surface area contributed by atoms with E-state index in [4.69, 9.17) is 4.74 Å². The highest BCUT2D eigenvalue weighted by Gasteiger charge is 2.11. The number of hydrogen-bond acceptors (Lipinski definition) is 4. The highest BCUT2D eigenvalue weighted by molar-refractivity contribution is 5.99. The monoisotopic (exact) mass is 445 g/mol. The van der Waals surface area contributed by atoms with Crippen LogP contribution in [0.5, 0.6) is 5.75 Å². The fourth-order valence-electron chi connectivity index (χ4n) is 2.88. The van der Waals surface area contributed by atoms with E-state index < -0.39 is 11.8 Å². The number of carbonyl (C=O) groups excluding carboxylic acids is 3. The zero-order valence-electron chi connectivity index (χ0n) is 18.6. The Morgan fingerprint density at radius 3 is 1.85 bits per heavy atom. The van der Waals surface area contributed by atoms with Crippen LogP contribution in [0.4, 0.5) is 5.69 Å². The third-order valence-corrected chi connectivity index (χ3v) is 4.85. The van der Waals surface area contributed by atoms with Crippen molar-refractivity contribution in [2.45, 2.75) is 20.3 Å². The van der Waals surface area contributed by atoms with Crippen molar-refractivity contribution in [1.29, 1.82) is 0 Å². The number of benzene rings is 3. The van der Waals surface area contributed by atoms with Gasteiger partial charge in [-0.05, 0) is 54.1 Å². The number of ether oxygens (including phenoxy) is 1. The number of nitrogens with one attached hydrogen (secondary N) is 3. The fraction of sp³-hybridized carbons (Fsp3) is 0.192. The molecule has 0 fully saturated rings. The van der Waals surface area contributed by atoms with Crippen LogP contribution in [0.3, 0.4) is 0 Å². The molecule has 0 aliphatic heterocycles. The molecule has 170 valence electrons. The van der Waals surface area contributed by atoms with Gasteiger partial charge >= 0.3 is 0 Å². The van der Waals surface area contributed by atoms with Gasteiger partial charge in [-0.2, -0.15) is 0 Å². The number of hydrogen-bond donors (Lipinski definition) is 3. The predicted octanol–water partition coefficient (Wildman–Crippen LogP) is 3.98. The molecule has 0 bridgehead atoms. The number of carbonyl (C=O) groups is 3. The van der Waals surface area contributed by atoms with Gasteiger partial charge in [-0.25, -0.2) is 0 Å². The fourth-order valence-corrected chi connectivity index (χ4v) is 2.88. The summed E-state index contributed by atoms with van der Waals surface area (Å²) in [5.74, 6) is -0.493. The molecule has 0 unspecified atom stereocenters. The molecule has 0 aliphatic rings. The van der Waals surface area contributed by atoms with Gasteiger partial charge in [0.1, 0.15) is 5.75 Å². The second-order valence-electron chi connectivity index (χ2n) is 7.74. The zero-order valence-corrected chi connectivity index (χ0v) is 18.6.